The fourth-order valence-electron chi connectivity index (χ4n) is 6.40. The number of methoxy groups -OCH3 is 1. The number of aliphatic hydroxyl groups is 1. The maximum atomic E-state index is 11.1. The molecule has 0 unspecified atom stereocenters. The van der Waals surface area contributed by atoms with Gasteiger partial charge in [-0.05, 0) is 98.6 Å². The third kappa shape index (κ3) is 3.39. The zero-order chi connectivity index (χ0) is 21.6. The predicted octanol–water partition coefficient (Wildman–Crippen LogP) is 4.89. The molecule has 3 atom stereocenters. The molecule has 1 fully saturated rings. The van der Waals surface area contributed by atoms with Gasteiger partial charge in [0.25, 0.3) is 0 Å². The van der Waals surface area contributed by atoms with Crippen molar-refractivity contribution in [2.45, 2.75) is 69.8 Å². The Morgan fingerprint density at radius 2 is 2.13 bits per heavy atom. The van der Waals surface area contributed by atoms with Crippen LogP contribution in [0.3, 0.4) is 0 Å². The largest absolute Gasteiger partial charge is 0.387 e. The second-order valence-electron chi connectivity index (χ2n) is 9.74. The van der Waals surface area contributed by atoms with Gasteiger partial charge < -0.3 is 9.84 Å². The van der Waals surface area contributed by atoms with E-state index in [-0.39, 0.29) is 5.41 Å². The molecule has 1 N–H and O–H groups in total. The molecule has 0 saturated heterocycles. The zero-order valence-electron chi connectivity index (χ0n) is 18.9. The summed E-state index contributed by atoms with van der Waals surface area (Å²) in [7, 11) is 1.70. The number of hydrogen-bond acceptors (Lipinski definition) is 4. The van der Waals surface area contributed by atoms with Crippen LogP contribution in [0.2, 0.25) is 0 Å². The number of aromatic nitrogens is 3. The summed E-state index contributed by atoms with van der Waals surface area (Å²) >= 11 is 0. The average molecular weight is 420 g/mol. The number of benzene rings is 1. The van der Waals surface area contributed by atoms with Crippen LogP contribution in [0.5, 0.6) is 0 Å². The highest BCUT2D eigenvalue weighted by Gasteiger charge is 2.49. The van der Waals surface area contributed by atoms with E-state index in [1.807, 2.05) is 30.1 Å². The van der Waals surface area contributed by atoms with Crippen molar-refractivity contribution >= 4 is 10.9 Å². The van der Waals surface area contributed by atoms with E-state index in [1.165, 1.54) is 28.5 Å². The van der Waals surface area contributed by atoms with E-state index >= 15 is 0 Å². The number of ether oxygens (including phenoxy) is 1. The monoisotopic (exact) mass is 419 g/mol. The van der Waals surface area contributed by atoms with Gasteiger partial charge in [0.2, 0.25) is 0 Å². The molecule has 0 spiro atoms. The molecule has 164 valence electrons. The number of nitrogens with zero attached hydrogens (tertiary/aromatic N) is 3. The fourth-order valence-corrected chi connectivity index (χ4v) is 6.40. The van der Waals surface area contributed by atoms with Crippen molar-refractivity contribution in [3.05, 3.63) is 53.5 Å². The average Bonchev–Trinajstić information content (AvgIpc) is 3.10. The second kappa shape index (κ2) is 7.72. The summed E-state index contributed by atoms with van der Waals surface area (Å²) < 4.78 is 7.42. The minimum Gasteiger partial charge on any atom is -0.387 e. The van der Waals surface area contributed by atoms with E-state index in [9.17, 15) is 5.11 Å². The Hall–Kier alpha value is -2.24. The number of fused-ring (bicyclic) bond motifs is 4. The van der Waals surface area contributed by atoms with Crippen LogP contribution in [0.15, 0.2) is 36.7 Å². The minimum absolute atomic E-state index is 0.134. The van der Waals surface area contributed by atoms with Crippen molar-refractivity contribution in [2.24, 2.45) is 5.92 Å². The molecule has 0 aliphatic heterocycles. The van der Waals surface area contributed by atoms with Crippen LogP contribution >= 0.6 is 0 Å². The number of pyridine rings is 1. The minimum atomic E-state index is -0.684. The molecule has 2 aliphatic rings. The summed E-state index contributed by atoms with van der Waals surface area (Å²) in [6.45, 7) is 4.78. The molecule has 5 rings (SSSR count). The Labute approximate surface area is 184 Å². The van der Waals surface area contributed by atoms with Gasteiger partial charge in [-0.25, -0.2) is 4.68 Å². The van der Waals surface area contributed by atoms with Crippen molar-refractivity contribution in [1.82, 2.24) is 14.8 Å². The van der Waals surface area contributed by atoms with Gasteiger partial charge in [0, 0.05) is 24.4 Å². The highest BCUT2D eigenvalue weighted by atomic mass is 16.5. The smallest absolute Gasteiger partial charge is 0.0883 e. The predicted molar refractivity (Wildman–Crippen MR) is 123 cm³/mol. The Balaban J connectivity index is 1.61. The SMILES string of the molecule is CC[C@@]12CC[C@](O)(COC)C[C@@H]1CCCc1cc3c(cnn3-c3ccnc(C)c3)cc12. The fraction of sp³-hybridized carbons (Fsp3) is 0.538. The van der Waals surface area contributed by atoms with Gasteiger partial charge in [-0.1, -0.05) is 6.92 Å². The first-order chi connectivity index (χ1) is 15.0. The van der Waals surface area contributed by atoms with Gasteiger partial charge in [-0.2, -0.15) is 5.10 Å². The van der Waals surface area contributed by atoms with E-state index in [0.29, 0.717) is 12.5 Å². The Kier molecular flexibility index (Phi) is 5.14. The molecule has 0 bridgehead atoms. The van der Waals surface area contributed by atoms with Crippen LogP contribution in [-0.4, -0.2) is 39.2 Å². The normalized spacial score (nSPS) is 28.2. The van der Waals surface area contributed by atoms with Crippen molar-refractivity contribution in [2.75, 3.05) is 13.7 Å². The van der Waals surface area contributed by atoms with Crippen LogP contribution in [0.25, 0.3) is 16.6 Å². The van der Waals surface area contributed by atoms with Gasteiger partial charge in [-0.15, -0.1) is 0 Å². The number of hydrogen-bond donors (Lipinski definition) is 1. The molecule has 0 radical (unpaired) electrons. The Morgan fingerprint density at radius 3 is 2.90 bits per heavy atom. The van der Waals surface area contributed by atoms with Gasteiger partial charge in [0.05, 0.1) is 29.6 Å². The topological polar surface area (TPSA) is 60.2 Å². The van der Waals surface area contributed by atoms with Crippen LogP contribution < -0.4 is 0 Å². The Bertz CT molecular complexity index is 1110. The van der Waals surface area contributed by atoms with Crippen LogP contribution in [0.4, 0.5) is 0 Å². The standard InChI is InChI=1S/C26H33N3O2/c1-4-26-10-9-25(30,17-31-3)15-21(26)7-5-6-19-14-24-20(13-23(19)26)16-28-29(24)22-8-11-27-18(2)12-22/h8,11-14,16,21,30H,4-7,9-10,15,17H2,1-3H3/t21-,25+,26+/m0/s1. The number of rotatable bonds is 4. The van der Waals surface area contributed by atoms with E-state index in [0.717, 1.165) is 49.9 Å². The quantitative estimate of drug-likeness (QED) is 0.654. The highest BCUT2D eigenvalue weighted by Crippen LogP contribution is 2.54. The van der Waals surface area contributed by atoms with Crippen molar-refractivity contribution in [3.63, 3.8) is 0 Å². The summed E-state index contributed by atoms with van der Waals surface area (Å²) in [6.07, 6.45) is 11.0. The lowest BCUT2D eigenvalue weighted by atomic mass is 9.57. The lowest BCUT2D eigenvalue weighted by Crippen LogP contribution is -2.49. The Morgan fingerprint density at radius 1 is 1.26 bits per heavy atom. The van der Waals surface area contributed by atoms with E-state index in [1.54, 1.807) is 7.11 Å². The van der Waals surface area contributed by atoms with Gasteiger partial charge >= 0.3 is 0 Å². The molecule has 0 amide bonds. The zero-order valence-corrected chi connectivity index (χ0v) is 18.9. The first kappa shape index (κ1) is 20.7. The summed E-state index contributed by atoms with van der Waals surface area (Å²) in [5, 5.41) is 17.1. The summed E-state index contributed by atoms with van der Waals surface area (Å²) in [6, 6.07) is 8.89. The molecule has 1 aromatic carbocycles. The van der Waals surface area contributed by atoms with E-state index in [2.05, 4.69) is 30.1 Å². The van der Waals surface area contributed by atoms with Crippen LogP contribution in [0.1, 0.15) is 62.3 Å². The first-order valence-electron chi connectivity index (χ1n) is 11.6. The molecule has 2 heterocycles. The van der Waals surface area contributed by atoms with E-state index in [4.69, 9.17) is 9.84 Å². The first-order valence-corrected chi connectivity index (χ1v) is 11.6. The highest BCUT2D eigenvalue weighted by molar-refractivity contribution is 5.82. The van der Waals surface area contributed by atoms with Gasteiger partial charge in [0.1, 0.15) is 0 Å². The molecule has 5 nitrogen and oxygen atoms in total. The summed E-state index contributed by atoms with van der Waals surface area (Å²) in [5.41, 5.74) is 5.62. The van der Waals surface area contributed by atoms with Crippen molar-refractivity contribution < 1.29 is 9.84 Å². The maximum Gasteiger partial charge on any atom is 0.0883 e. The van der Waals surface area contributed by atoms with Crippen molar-refractivity contribution in [1.29, 1.82) is 0 Å². The molecule has 2 aromatic heterocycles. The third-order valence-corrected chi connectivity index (χ3v) is 7.94. The van der Waals surface area contributed by atoms with Crippen LogP contribution in [0, 0.1) is 12.8 Å². The molecular weight excluding hydrogens is 386 g/mol. The van der Waals surface area contributed by atoms with Gasteiger partial charge in [0.15, 0.2) is 0 Å². The lowest BCUT2D eigenvalue weighted by molar-refractivity contribution is -0.0903. The summed E-state index contributed by atoms with van der Waals surface area (Å²) in [4.78, 5) is 4.33. The maximum absolute atomic E-state index is 11.1. The molecule has 2 aliphatic carbocycles. The van der Waals surface area contributed by atoms with Crippen molar-refractivity contribution in [3.8, 4) is 5.69 Å². The molecule has 3 aromatic rings. The van der Waals surface area contributed by atoms with E-state index < -0.39 is 5.60 Å². The van der Waals surface area contributed by atoms with Crippen LogP contribution in [-0.2, 0) is 16.6 Å². The molecule has 1 saturated carbocycles. The molecular formula is C26H33N3O2. The number of aryl methyl sites for hydroxylation is 2. The third-order valence-electron chi connectivity index (χ3n) is 7.94. The molecule has 31 heavy (non-hydrogen) atoms. The lowest BCUT2D eigenvalue weighted by Gasteiger charge is -2.50. The van der Waals surface area contributed by atoms with Gasteiger partial charge in [-0.3, -0.25) is 4.98 Å². The molecule has 5 heteroatoms. The summed E-state index contributed by atoms with van der Waals surface area (Å²) in [5.74, 6) is 0.489. The second-order valence-corrected chi connectivity index (χ2v) is 9.74.